The molecular formula is C15H22ClN3O2. The highest BCUT2D eigenvalue weighted by atomic mass is 35.5. The van der Waals surface area contributed by atoms with Crippen LogP contribution in [0.15, 0.2) is 10.9 Å². The molecule has 1 saturated heterocycles. The fourth-order valence-electron chi connectivity index (χ4n) is 3.16. The molecule has 1 aliphatic carbocycles. The predicted molar refractivity (Wildman–Crippen MR) is 84.3 cm³/mol. The van der Waals surface area contributed by atoms with Crippen LogP contribution in [0.4, 0.5) is 0 Å². The molecule has 1 atom stereocenters. The van der Waals surface area contributed by atoms with Crippen LogP contribution in [-0.2, 0) is 12.8 Å². The van der Waals surface area contributed by atoms with E-state index in [1.54, 1.807) is 11.9 Å². The molecule has 5 nitrogen and oxygen atoms in total. The molecule has 1 unspecified atom stereocenters. The van der Waals surface area contributed by atoms with Gasteiger partial charge in [-0.15, -0.1) is 12.4 Å². The molecule has 2 N–H and O–H groups in total. The maximum atomic E-state index is 12.5. The van der Waals surface area contributed by atoms with Crippen molar-refractivity contribution in [3.63, 3.8) is 0 Å². The van der Waals surface area contributed by atoms with Gasteiger partial charge in [-0.2, -0.15) is 0 Å². The first kappa shape index (κ1) is 16.0. The van der Waals surface area contributed by atoms with Gasteiger partial charge in [-0.25, -0.2) is 0 Å². The summed E-state index contributed by atoms with van der Waals surface area (Å²) in [5, 5.41) is 3.24. The number of halogens is 1. The highest BCUT2D eigenvalue weighted by Gasteiger charge is 2.26. The number of nitrogens with one attached hydrogen (secondary N) is 2. The maximum Gasteiger partial charge on any atom is 0.261 e. The summed E-state index contributed by atoms with van der Waals surface area (Å²) >= 11 is 0. The lowest BCUT2D eigenvalue weighted by Crippen LogP contribution is -2.40. The third kappa shape index (κ3) is 3.14. The van der Waals surface area contributed by atoms with Gasteiger partial charge in [0.05, 0.1) is 0 Å². The normalized spacial score (nSPS) is 20.5. The Labute approximate surface area is 130 Å². The summed E-state index contributed by atoms with van der Waals surface area (Å²) in [6.45, 7) is 1.74. The molecule has 6 heteroatoms. The van der Waals surface area contributed by atoms with E-state index in [0.717, 1.165) is 56.5 Å². The van der Waals surface area contributed by atoms with Crippen molar-refractivity contribution in [1.82, 2.24) is 15.2 Å². The molecule has 1 fully saturated rings. The highest BCUT2D eigenvalue weighted by molar-refractivity contribution is 5.94. The molecule has 0 aromatic carbocycles. The second-order valence-electron chi connectivity index (χ2n) is 5.79. The van der Waals surface area contributed by atoms with Crippen LogP contribution in [-0.4, -0.2) is 42.0 Å². The fraction of sp³-hybridized carbons (Fsp3) is 0.600. The number of hydrogen-bond acceptors (Lipinski definition) is 3. The van der Waals surface area contributed by atoms with E-state index in [0.29, 0.717) is 5.56 Å². The van der Waals surface area contributed by atoms with E-state index in [9.17, 15) is 9.59 Å². The van der Waals surface area contributed by atoms with Gasteiger partial charge in [0.15, 0.2) is 0 Å². The number of amides is 1. The van der Waals surface area contributed by atoms with Gasteiger partial charge in [-0.3, -0.25) is 9.59 Å². The van der Waals surface area contributed by atoms with Crippen LogP contribution in [0.3, 0.4) is 0 Å². The summed E-state index contributed by atoms with van der Waals surface area (Å²) < 4.78 is 0. The van der Waals surface area contributed by atoms with Gasteiger partial charge in [0, 0.05) is 25.3 Å². The molecule has 0 saturated carbocycles. The number of H-pyrrole nitrogens is 1. The van der Waals surface area contributed by atoms with Gasteiger partial charge in [-0.05, 0) is 50.3 Å². The van der Waals surface area contributed by atoms with Crippen LogP contribution in [0.1, 0.15) is 40.9 Å². The van der Waals surface area contributed by atoms with Crippen molar-refractivity contribution < 1.29 is 4.79 Å². The largest absolute Gasteiger partial charge is 0.337 e. The molecule has 3 rings (SSSR count). The second-order valence-corrected chi connectivity index (χ2v) is 5.79. The molecule has 1 amide bonds. The topological polar surface area (TPSA) is 65.2 Å². The number of likely N-dealkylation sites (N-methyl/N-ethyl adjacent to an activating group) is 1. The molecule has 0 bridgehead atoms. The average molecular weight is 312 g/mol. The number of aryl methyl sites for hydroxylation is 2. The van der Waals surface area contributed by atoms with Crippen LogP contribution in [0.5, 0.6) is 0 Å². The minimum absolute atomic E-state index is 0. The molecule has 0 radical (unpaired) electrons. The number of fused-ring (bicyclic) bond motifs is 1. The van der Waals surface area contributed by atoms with E-state index in [-0.39, 0.29) is 29.9 Å². The van der Waals surface area contributed by atoms with Gasteiger partial charge in [-0.1, -0.05) is 0 Å². The van der Waals surface area contributed by atoms with Crippen molar-refractivity contribution in [2.24, 2.45) is 0 Å². The van der Waals surface area contributed by atoms with E-state index in [4.69, 9.17) is 0 Å². The fourth-order valence-corrected chi connectivity index (χ4v) is 3.16. The summed E-state index contributed by atoms with van der Waals surface area (Å²) in [5.41, 5.74) is 2.20. The first-order chi connectivity index (χ1) is 9.66. The van der Waals surface area contributed by atoms with E-state index < -0.39 is 0 Å². The highest BCUT2D eigenvalue weighted by Crippen LogP contribution is 2.19. The third-order valence-electron chi connectivity index (χ3n) is 4.47. The molecule has 1 aliphatic heterocycles. The summed E-state index contributed by atoms with van der Waals surface area (Å²) in [5.74, 6) is -0.159. The van der Waals surface area contributed by atoms with Gasteiger partial charge in [0.25, 0.3) is 11.5 Å². The summed E-state index contributed by atoms with van der Waals surface area (Å²) in [6.07, 6.45) is 5.08. The minimum atomic E-state index is -0.242. The number of carbonyl (C=O) groups excluding carboxylic acids is 1. The van der Waals surface area contributed by atoms with Gasteiger partial charge >= 0.3 is 0 Å². The van der Waals surface area contributed by atoms with Crippen LogP contribution < -0.4 is 10.9 Å². The van der Waals surface area contributed by atoms with Gasteiger partial charge in [0.1, 0.15) is 5.56 Å². The zero-order valence-corrected chi connectivity index (χ0v) is 13.1. The van der Waals surface area contributed by atoms with Crippen molar-refractivity contribution in [1.29, 1.82) is 0 Å². The van der Waals surface area contributed by atoms with Gasteiger partial charge < -0.3 is 15.2 Å². The smallest absolute Gasteiger partial charge is 0.261 e. The molecule has 2 aliphatic rings. The summed E-state index contributed by atoms with van der Waals surface area (Å²) in [4.78, 5) is 29.3. The SMILES string of the molecule is CN(C(=O)c1cc2c([nH]c1=O)CCCC2)C1CCNC1.Cl. The van der Waals surface area contributed by atoms with Crippen LogP contribution in [0, 0.1) is 0 Å². The molecule has 116 valence electrons. The van der Waals surface area contributed by atoms with Crippen LogP contribution >= 0.6 is 12.4 Å². The molecule has 1 aromatic heterocycles. The lowest BCUT2D eigenvalue weighted by molar-refractivity contribution is 0.0741. The monoisotopic (exact) mass is 311 g/mol. The number of nitrogens with zero attached hydrogens (tertiary/aromatic N) is 1. The van der Waals surface area contributed by atoms with E-state index in [1.165, 1.54) is 0 Å². The Morgan fingerprint density at radius 1 is 1.33 bits per heavy atom. The molecule has 1 aromatic rings. The Bertz CT molecular complexity index is 579. The number of aromatic amines is 1. The molecule has 0 spiro atoms. The van der Waals surface area contributed by atoms with Gasteiger partial charge in [0.2, 0.25) is 0 Å². The first-order valence-electron chi connectivity index (χ1n) is 7.40. The van der Waals surface area contributed by atoms with Crippen LogP contribution in [0.25, 0.3) is 0 Å². The van der Waals surface area contributed by atoms with Crippen molar-refractivity contribution in [3.05, 3.63) is 33.2 Å². The standard InChI is InChI=1S/C15H21N3O2.ClH/c1-18(11-6-7-16-9-11)15(20)12-8-10-4-2-3-5-13(10)17-14(12)19;/h8,11,16H,2-7,9H2,1H3,(H,17,19);1H. The first-order valence-corrected chi connectivity index (χ1v) is 7.40. The second kappa shape index (κ2) is 6.62. The Kier molecular flexibility index (Phi) is 5.06. The summed E-state index contributed by atoms with van der Waals surface area (Å²) in [6, 6.07) is 2.01. The minimum Gasteiger partial charge on any atom is -0.337 e. The molecular weight excluding hydrogens is 290 g/mol. The average Bonchev–Trinajstić information content (AvgIpc) is 2.99. The quantitative estimate of drug-likeness (QED) is 0.860. The Morgan fingerprint density at radius 2 is 2.10 bits per heavy atom. The Morgan fingerprint density at radius 3 is 2.81 bits per heavy atom. The van der Waals surface area contributed by atoms with Crippen molar-refractivity contribution in [2.45, 2.75) is 38.1 Å². The zero-order chi connectivity index (χ0) is 14.1. The number of hydrogen-bond donors (Lipinski definition) is 2. The maximum absolute atomic E-state index is 12.5. The predicted octanol–water partition coefficient (Wildman–Crippen LogP) is 1.11. The Hall–Kier alpha value is -1.33. The molecule has 21 heavy (non-hydrogen) atoms. The number of aromatic nitrogens is 1. The van der Waals surface area contributed by atoms with E-state index in [2.05, 4.69) is 10.3 Å². The van der Waals surface area contributed by atoms with E-state index in [1.807, 2.05) is 6.07 Å². The van der Waals surface area contributed by atoms with Crippen molar-refractivity contribution in [3.8, 4) is 0 Å². The third-order valence-corrected chi connectivity index (χ3v) is 4.47. The van der Waals surface area contributed by atoms with Crippen molar-refractivity contribution >= 4 is 18.3 Å². The zero-order valence-electron chi connectivity index (χ0n) is 12.3. The number of pyridine rings is 1. The van der Waals surface area contributed by atoms with Crippen molar-refractivity contribution in [2.75, 3.05) is 20.1 Å². The van der Waals surface area contributed by atoms with E-state index >= 15 is 0 Å². The number of carbonyl (C=O) groups is 1. The molecule has 2 heterocycles. The Balaban J connectivity index is 0.00000161. The lowest BCUT2D eigenvalue weighted by atomic mass is 9.95. The lowest BCUT2D eigenvalue weighted by Gasteiger charge is -2.24. The van der Waals surface area contributed by atoms with Crippen LogP contribution in [0.2, 0.25) is 0 Å². The summed E-state index contributed by atoms with van der Waals surface area (Å²) in [7, 11) is 1.79. The number of rotatable bonds is 2.